The van der Waals surface area contributed by atoms with E-state index in [0.29, 0.717) is 38.9 Å². The summed E-state index contributed by atoms with van der Waals surface area (Å²) in [5, 5.41) is 12.6. The van der Waals surface area contributed by atoms with Crippen molar-refractivity contribution in [3.63, 3.8) is 0 Å². The molecule has 0 radical (unpaired) electrons. The van der Waals surface area contributed by atoms with E-state index in [1.807, 2.05) is 55.5 Å². The Morgan fingerprint density at radius 2 is 1.83 bits per heavy atom. The highest BCUT2D eigenvalue weighted by Crippen LogP contribution is 2.46. The van der Waals surface area contributed by atoms with E-state index in [4.69, 9.17) is 4.74 Å². The molecule has 6 rings (SSSR count). The number of thiophene rings is 1. The van der Waals surface area contributed by atoms with Crippen molar-refractivity contribution < 1.29 is 19.1 Å². The van der Waals surface area contributed by atoms with Gasteiger partial charge in [0.2, 0.25) is 5.91 Å². The van der Waals surface area contributed by atoms with Gasteiger partial charge in [-0.25, -0.2) is 9.78 Å². The normalized spacial score (nSPS) is 17.8. The molecule has 4 N–H and O–H groups in total. The lowest BCUT2D eigenvalue weighted by molar-refractivity contribution is -0.120. The van der Waals surface area contributed by atoms with Gasteiger partial charge in [-0.05, 0) is 75.2 Å². The number of hydrogen-bond acceptors (Lipinski definition) is 7. The molecule has 0 saturated heterocycles. The molecule has 1 aliphatic carbocycles. The largest absolute Gasteiger partial charge is 0.457 e. The van der Waals surface area contributed by atoms with Gasteiger partial charge in [-0.3, -0.25) is 14.5 Å². The molecule has 2 aromatic carbocycles. The van der Waals surface area contributed by atoms with Crippen LogP contribution in [-0.4, -0.2) is 48.5 Å². The number of amides is 4. The SMILES string of the molecule is CNCC(=O)N[C@H]1CC[C@H](NC(=O)c2sc3nccc4c3c2NC(=O)N4c2ccc(Oc3ccccc3)cc2C)C1. The first-order chi connectivity index (χ1) is 19.9. The Labute approximate surface area is 241 Å². The standard InChI is InChI=1S/C30H30N6O4S/c1-17-14-21(40-20-6-4-3-5-7-20)10-11-22(17)36-23-12-13-32-29-25(23)26(35-30(36)39)27(41-29)28(38)34-19-9-8-18(15-19)33-24(37)16-31-2/h3-7,10-14,18-19,31H,8-9,15-16H2,1-2H3,(H,33,37)(H,34,38)(H,35,39)/t18-,19-/m0/s1. The van der Waals surface area contributed by atoms with Gasteiger partial charge < -0.3 is 26.0 Å². The van der Waals surface area contributed by atoms with Gasteiger partial charge in [0.05, 0.1) is 29.0 Å². The lowest BCUT2D eigenvalue weighted by atomic mass is 10.1. The molecule has 210 valence electrons. The summed E-state index contributed by atoms with van der Waals surface area (Å²) in [7, 11) is 1.73. The fourth-order valence-corrected chi connectivity index (χ4v) is 6.51. The maximum Gasteiger partial charge on any atom is 0.331 e. The molecule has 2 atom stereocenters. The number of carbonyl (C=O) groups excluding carboxylic acids is 3. The smallest absolute Gasteiger partial charge is 0.331 e. The number of anilines is 3. The van der Waals surface area contributed by atoms with Gasteiger partial charge in [0.15, 0.2) is 0 Å². The van der Waals surface area contributed by atoms with Gasteiger partial charge in [-0.1, -0.05) is 18.2 Å². The second-order valence-corrected chi connectivity index (χ2v) is 11.2. The Hall–Kier alpha value is -4.48. The summed E-state index contributed by atoms with van der Waals surface area (Å²) >= 11 is 1.26. The van der Waals surface area contributed by atoms with E-state index in [9.17, 15) is 14.4 Å². The van der Waals surface area contributed by atoms with Crippen LogP contribution in [0.4, 0.5) is 21.9 Å². The number of nitrogens with zero attached hydrogens (tertiary/aromatic N) is 2. The first-order valence-corrected chi connectivity index (χ1v) is 14.3. The highest BCUT2D eigenvalue weighted by atomic mass is 32.1. The third-order valence-electron chi connectivity index (χ3n) is 7.31. The monoisotopic (exact) mass is 570 g/mol. The molecule has 4 amide bonds. The number of para-hydroxylation sites is 1. The molecular formula is C30H30N6O4S. The molecule has 1 fully saturated rings. The molecular weight excluding hydrogens is 540 g/mol. The lowest BCUT2D eigenvalue weighted by Gasteiger charge is -2.29. The fraction of sp³-hybridized carbons (Fsp3) is 0.267. The zero-order valence-corrected chi connectivity index (χ0v) is 23.5. The van der Waals surface area contributed by atoms with E-state index >= 15 is 0 Å². The van der Waals surface area contributed by atoms with Crippen LogP contribution >= 0.6 is 11.3 Å². The van der Waals surface area contributed by atoms with E-state index in [1.54, 1.807) is 24.2 Å². The van der Waals surface area contributed by atoms with Gasteiger partial charge >= 0.3 is 6.03 Å². The Balaban J connectivity index is 1.24. The number of likely N-dealkylation sites (N-methyl/N-ethyl adjacent to an activating group) is 1. The predicted octanol–water partition coefficient (Wildman–Crippen LogP) is 5.07. The summed E-state index contributed by atoms with van der Waals surface area (Å²) < 4.78 is 5.97. The quantitative estimate of drug-likeness (QED) is 0.235. The number of benzene rings is 2. The molecule has 41 heavy (non-hydrogen) atoms. The lowest BCUT2D eigenvalue weighted by Crippen LogP contribution is -2.40. The molecule has 10 nitrogen and oxygen atoms in total. The zero-order chi connectivity index (χ0) is 28.5. The van der Waals surface area contributed by atoms with Gasteiger partial charge in [-0.15, -0.1) is 11.3 Å². The van der Waals surface area contributed by atoms with E-state index in [-0.39, 0.29) is 36.5 Å². The van der Waals surface area contributed by atoms with Crippen LogP contribution in [0.15, 0.2) is 60.8 Å². The van der Waals surface area contributed by atoms with Crippen molar-refractivity contribution >= 4 is 56.5 Å². The van der Waals surface area contributed by atoms with Crippen molar-refractivity contribution in [1.29, 1.82) is 0 Å². The molecule has 11 heteroatoms. The molecule has 1 aliphatic heterocycles. The molecule has 0 spiro atoms. The first kappa shape index (κ1) is 26.7. The van der Waals surface area contributed by atoms with E-state index in [0.717, 1.165) is 29.5 Å². The molecule has 1 saturated carbocycles. The van der Waals surface area contributed by atoms with Crippen molar-refractivity contribution in [2.75, 3.05) is 23.8 Å². The summed E-state index contributed by atoms with van der Waals surface area (Å²) in [5.41, 5.74) is 2.70. The average molecular weight is 571 g/mol. The van der Waals surface area contributed by atoms with E-state index in [1.165, 1.54) is 11.3 Å². The molecule has 0 unspecified atom stereocenters. The molecule has 4 aromatic rings. The Morgan fingerprint density at radius 1 is 1.05 bits per heavy atom. The van der Waals surface area contributed by atoms with Gasteiger partial charge in [0.1, 0.15) is 21.2 Å². The van der Waals surface area contributed by atoms with Crippen molar-refractivity contribution in [3.05, 3.63) is 71.2 Å². The van der Waals surface area contributed by atoms with E-state index in [2.05, 4.69) is 26.3 Å². The van der Waals surface area contributed by atoms with Crippen LogP contribution in [0.25, 0.3) is 10.2 Å². The van der Waals surface area contributed by atoms with Gasteiger partial charge in [0, 0.05) is 18.3 Å². The number of nitrogens with one attached hydrogen (secondary N) is 4. The molecule has 2 aromatic heterocycles. The number of urea groups is 1. The number of pyridine rings is 1. The number of carbonyl (C=O) groups is 3. The van der Waals surface area contributed by atoms with Crippen LogP contribution in [0, 0.1) is 6.92 Å². The van der Waals surface area contributed by atoms with Crippen LogP contribution < -0.4 is 30.9 Å². The van der Waals surface area contributed by atoms with Crippen molar-refractivity contribution in [2.24, 2.45) is 0 Å². The van der Waals surface area contributed by atoms with Crippen LogP contribution in [0.5, 0.6) is 11.5 Å². The second kappa shape index (κ2) is 11.2. The molecule has 3 heterocycles. The van der Waals surface area contributed by atoms with Crippen molar-refractivity contribution in [2.45, 2.75) is 38.3 Å². The Kier molecular flexibility index (Phi) is 7.29. The van der Waals surface area contributed by atoms with Crippen molar-refractivity contribution in [1.82, 2.24) is 20.9 Å². The highest BCUT2D eigenvalue weighted by molar-refractivity contribution is 7.21. The number of aromatic nitrogens is 1. The minimum atomic E-state index is -0.356. The summed E-state index contributed by atoms with van der Waals surface area (Å²) in [4.78, 5) is 46.1. The van der Waals surface area contributed by atoms with Crippen LogP contribution in [0.3, 0.4) is 0 Å². The second-order valence-electron chi connectivity index (χ2n) is 10.2. The highest BCUT2D eigenvalue weighted by Gasteiger charge is 2.34. The topological polar surface area (TPSA) is 125 Å². The minimum absolute atomic E-state index is 0.0242. The third kappa shape index (κ3) is 5.33. The van der Waals surface area contributed by atoms with Crippen LogP contribution in [0.2, 0.25) is 0 Å². The fourth-order valence-electron chi connectivity index (χ4n) is 5.48. The van der Waals surface area contributed by atoms with Crippen LogP contribution in [0.1, 0.15) is 34.5 Å². The summed E-state index contributed by atoms with van der Waals surface area (Å²) in [5.74, 6) is 1.08. The summed E-state index contributed by atoms with van der Waals surface area (Å²) in [6, 6.07) is 16.5. The van der Waals surface area contributed by atoms with Crippen molar-refractivity contribution in [3.8, 4) is 11.5 Å². The van der Waals surface area contributed by atoms with Crippen LogP contribution in [-0.2, 0) is 4.79 Å². The van der Waals surface area contributed by atoms with Gasteiger partial charge in [-0.2, -0.15) is 0 Å². The summed E-state index contributed by atoms with van der Waals surface area (Å²) in [6.07, 6.45) is 3.88. The average Bonchev–Trinajstić information content (AvgIpc) is 3.55. The Bertz CT molecular complexity index is 1640. The maximum absolute atomic E-state index is 13.5. The van der Waals surface area contributed by atoms with E-state index < -0.39 is 0 Å². The third-order valence-corrected chi connectivity index (χ3v) is 8.41. The Morgan fingerprint density at radius 3 is 2.59 bits per heavy atom. The van der Waals surface area contributed by atoms with Gasteiger partial charge in [0.25, 0.3) is 5.91 Å². The molecule has 2 aliphatic rings. The number of ether oxygens (including phenoxy) is 1. The minimum Gasteiger partial charge on any atom is -0.457 e. The predicted molar refractivity (Wildman–Crippen MR) is 159 cm³/mol. The first-order valence-electron chi connectivity index (χ1n) is 13.5. The number of rotatable bonds is 8. The zero-order valence-electron chi connectivity index (χ0n) is 22.7. The number of aryl methyl sites for hydroxylation is 1. The number of hydrogen-bond donors (Lipinski definition) is 4. The molecule has 0 bridgehead atoms. The maximum atomic E-state index is 13.5. The summed E-state index contributed by atoms with van der Waals surface area (Å²) in [6.45, 7) is 2.19.